The Morgan fingerprint density at radius 2 is 2.26 bits per heavy atom. The van der Waals surface area contributed by atoms with Gasteiger partial charge in [-0.2, -0.15) is 0 Å². The number of pyridine rings is 1. The lowest BCUT2D eigenvalue weighted by Crippen LogP contribution is -2.27. The van der Waals surface area contributed by atoms with Gasteiger partial charge >= 0.3 is 0 Å². The van der Waals surface area contributed by atoms with E-state index in [2.05, 4.69) is 28.2 Å². The highest BCUT2D eigenvalue weighted by atomic mass is 15.2. The van der Waals surface area contributed by atoms with Gasteiger partial charge in [-0.05, 0) is 38.3 Å². The molecule has 1 aliphatic rings. The highest BCUT2D eigenvalue weighted by Gasteiger charge is 2.18. The number of nitrogens with one attached hydrogen (secondary N) is 1. The molecular weight excluding hydrogens is 234 g/mol. The van der Waals surface area contributed by atoms with Gasteiger partial charge < -0.3 is 10.2 Å². The van der Waals surface area contributed by atoms with Gasteiger partial charge in [0, 0.05) is 31.4 Å². The second kappa shape index (κ2) is 7.49. The van der Waals surface area contributed by atoms with Crippen molar-refractivity contribution < 1.29 is 0 Å². The first-order valence-corrected chi connectivity index (χ1v) is 7.68. The normalized spacial score (nSPS) is 20.3. The number of hydrogen-bond donors (Lipinski definition) is 1. The van der Waals surface area contributed by atoms with Crippen molar-refractivity contribution in [1.29, 1.82) is 0 Å². The molecule has 1 aromatic heterocycles. The Morgan fingerprint density at radius 1 is 1.37 bits per heavy atom. The molecule has 1 N–H and O–H groups in total. The fourth-order valence-electron chi connectivity index (χ4n) is 3.12. The Hall–Kier alpha value is -1.09. The average molecular weight is 261 g/mol. The molecule has 0 radical (unpaired) electrons. The first kappa shape index (κ1) is 14.3. The van der Waals surface area contributed by atoms with Crippen LogP contribution in [0.1, 0.15) is 44.6 Å². The van der Waals surface area contributed by atoms with Crippen LogP contribution < -0.4 is 10.2 Å². The standard InChI is InChI=1S/C16H27N3/c1-3-6-14-7-5-11-19(12-9-14)16-15(13-17-2)8-4-10-18-16/h4,8,10,14,17H,3,5-7,9,11-13H2,1-2H3. The van der Waals surface area contributed by atoms with Gasteiger partial charge in [-0.15, -0.1) is 0 Å². The van der Waals surface area contributed by atoms with Crippen LogP contribution in [0.4, 0.5) is 5.82 Å². The molecule has 1 saturated heterocycles. The molecule has 3 heteroatoms. The molecule has 106 valence electrons. The van der Waals surface area contributed by atoms with E-state index in [0.717, 1.165) is 19.0 Å². The molecule has 0 amide bonds. The number of hydrogen-bond acceptors (Lipinski definition) is 3. The van der Waals surface area contributed by atoms with Crippen LogP contribution >= 0.6 is 0 Å². The molecule has 1 aliphatic heterocycles. The number of rotatable bonds is 5. The Labute approximate surface area is 117 Å². The smallest absolute Gasteiger partial charge is 0.133 e. The highest BCUT2D eigenvalue weighted by molar-refractivity contribution is 5.46. The van der Waals surface area contributed by atoms with E-state index in [0.29, 0.717) is 0 Å². The molecule has 1 fully saturated rings. The molecule has 3 nitrogen and oxygen atoms in total. The van der Waals surface area contributed by atoms with Crippen LogP contribution in [0.3, 0.4) is 0 Å². The van der Waals surface area contributed by atoms with Gasteiger partial charge in [-0.1, -0.05) is 25.8 Å². The zero-order chi connectivity index (χ0) is 13.5. The van der Waals surface area contributed by atoms with Crippen LogP contribution in [0.5, 0.6) is 0 Å². The van der Waals surface area contributed by atoms with Crippen LogP contribution in [-0.4, -0.2) is 25.1 Å². The third kappa shape index (κ3) is 3.93. The SMILES string of the molecule is CCCC1CCCN(c2ncccc2CNC)CC1. The van der Waals surface area contributed by atoms with E-state index >= 15 is 0 Å². The predicted octanol–water partition coefficient (Wildman–Crippen LogP) is 3.21. The van der Waals surface area contributed by atoms with Crippen LogP contribution in [0.25, 0.3) is 0 Å². The summed E-state index contributed by atoms with van der Waals surface area (Å²) in [6, 6.07) is 4.22. The van der Waals surface area contributed by atoms with Crippen molar-refractivity contribution in [3.05, 3.63) is 23.9 Å². The molecule has 0 spiro atoms. The van der Waals surface area contributed by atoms with Crippen LogP contribution in [0.15, 0.2) is 18.3 Å². The minimum absolute atomic E-state index is 0.901. The first-order valence-electron chi connectivity index (χ1n) is 7.68. The fraction of sp³-hybridized carbons (Fsp3) is 0.688. The molecule has 0 bridgehead atoms. The third-order valence-electron chi connectivity index (χ3n) is 4.08. The van der Waals surface area contributed by atoms with Crippen molar-refractivity contribution >= 4 is 5.82 Å². The summed E-state index contributed by atoms with van der Waals surface area (Å²) in [7, 11) is 2.00. The lowest BCUT2D eigenvalue weighted by atomic mass is 9.96. The molecule has 2 heterocycles. The maximum Gasteiger partial charge on any atom is 0.133 e. The molecular formula is C16H27N3. The topological polar surface area (TPSA) is 28.2 Å². The second-order valence-corrected chi connectivity index (χ2v) is 5.59. The lowest BCUT2D eigenvalue weighted by Gasteiger charge is -2.24. The van der Waals surface area contributed by atoms with E-state index in [1.165, 1.54) is 50.0 Å². The molecule has 0 aliphatic carbocycles. The van der Waals surface area contributed by atoms with Crippen molar-refractivity contribution in [2.45, 2.75) is 45.6 Å². The van der Waals surface area contributed by atoms with E-state index in [1.807, 2.05) is 19.3 Å². The third-order valence-corrected chi connectivity index (χ3v) is 4.08. The van der Waals surface area contributed by atoms with Crippen molar-refractivity contribution in [3.8, 4) is 0 Å². The fourth-order valence-corrected chi connectivity index (χ4v) is 3.12. The van der Waals surface area contributed by atoms with Gasteiger partial charge in [0.05, 0.1) is 0 Å². The molecule has 0 aromatic carbocycles. The maximum atomic E-state index is 4.62. The van der Waals surface area contributed by atoms with Gasteiger partial charge in [0.2, 0.25) is 0 Å². The Bertz CT molecular complexity index is 378. The summed E-state index contributed by atoms with van der Waals surface area (Å²) in [4.78, 5) is 7.11. The number of aromatic nitrogens is 1. The summed E-state index contributed by atoms with van der Waals surface area (Å²) in [5.41, 5.74) is 1.32. The van der Waals surface area contributed by atoms with Crippen molar-refractivity contribution in [3.63, 3.8) is 0 Å². The average Bonchev–Trinajstić information content (AvgIpc) is 2.66. The summed E-state index contributed by atoms with van der Waals surface area (Å²) in [5, 5.41) is 3.24. The number of nitrogens with zero attached hydrogens (tertiary/aromatic N) is 2. The van der Waals surface area contributed by atoms with Crippen LogP contribution in [0, 0.1) is 5.92 Å². The van der Waals surface area contributed by atoms with Gasteiger partial charge in [0.15, 0.2) is 0 Å². The van der Waals surface area contributed by atoms with Gasteiger partial charge in [-0.3, -0.25) is 0 Å². The molecule has 1 aromatic rings. The Kier molecular flexibility index (Phi) is 5.64. The van der Waals surface area contributed by atoms with Crippen molar-refractivity contribution in [2.24, 2.45) is 5.92 Å². The molecule has 2 rings (SSSR count). The van der Waals surface area contributed by atoms with E-state index in [1.54, 1.807) is 0 Å². The predicted molar refractivity (Wildman–Crippen MR) is 81.5 cm³/mol. The summed E-state index contributed by atoms with van der Waals surface area (Å²) >= 11 is 0. The van der Waals surface area contributed by atoms with E-state index in [4.69, 9.17) is 0 Å². The zero-order valence-electron chi connectivity index (χ0n) is 12.4. The quantitative estimate of drug-likeness (QED) is 0.882. The monoisotopic (exact) mass is 261 g/mol. The minimum Gasteiger partial charge on any atom is -0.356 e. The molecule has 19 heavy (non-hydrogen) atoms. The largest absolute Gasteiger partial charge is 0.356 e. The molecule has 0 saturated carbocycles. The second-order valence-electron chi connectivity index (χ2n) is 5.59. The summed E-state index contributed by atoms with van der Waals surface area (Å²) in [6.07, 6.45) is 8.64. The summed E-state index contributed by atoms with van der Waals surface area (Å²) < 4.78 is 0. The van der Waals surface area contributed by atoms with Gasteiger partial charge in [-0.25, -0.2) is 4.98 Å². The minimum atomic E-state index is 0.901. The number of anilines is 1. The maximum absolute atomic E-state index is 4.62. The highest BCUT2D eigenvalue weighted by Crippen LogP contribution is 2.26. The van der Waals surface area contributed by atoms with Crippen molar-refractivity contribution in [1.82, 2.24) is 10.3 Å². The van der Waals surface area contributed by atoms with Crippen LogP contribution in [0.2, 0.25) is 0 Å². The van der Waals surface area contributed by atoms with E-state index in [9.17, 15) is 0 Å². The zero-order valence-corrected chi connectivity index (χ0v) is 12.4. The van der Waals surface area contributed by atoms with Crippen LogP contribution in [-0.2, 0) is 6.54 Å². The first-order chi connectivity index (χ1) is 9.35. The Balaban J connectivity index is 2.05. The van der Waals surface area contributed by atoms with Gasteiger partial charge in [0.25, 0.3) is 0 Å². The van der Waals surface area contributed by atoms with E-state index in [-0.39, 0.29) is 0 Å². The van der Waals surface area contributed by atoms with Gasteiger partial charge in [0.1, 0.15) is 5.82 Å². The molecule has 1 atom stereocenters. The van der Waals surface area contributed by atoms with E-state index < -0.39 is 0 Å². The summed E-state index contributed by atoms with van der Waals surface area (Å²) in [6.45, 7) is 5.52. The molecule has 1 unspecified atom stereocenters. The lowest BCUT2D eigenvalue weighted by molar-refractivity contribution is 0.435. The Morgan fingerprint density at radius 3 is 3.05 bits per heavy atom. The van der Waals surface area contributed by atoms with Crippen molar-refractivity contribution in [2.75, 3.05) is 25.0 Å². The summed E-state index contributed by atoms with van der Waals surface area (Å²) in [5.74, 6) is 2.11.